The molecule has 0 aliphatic rings. The quantitative estimate of drug-likeness (QED) is 0.574. The van der Waals surface area contributed by atoms with E-state index < -0.39 is 9.28 Å². The van der Waals surface area contributed by atoms with Gasteiger partial charge in [-0.15, -0.1) is 0 Å². The van der Waals surface area contributed by atoms with E-state index >= 15 is 0 Å². The van der Waals surface area contributed by atoms with E-state index in [1.807, 2.05) is 13.8 Å². The van der Waals surface area contributed by atoms with Gasteiger partial charge in [-0.05, 0) is 25.8 Å². The van der Waals surface area contributed by atoms with Crippen molar-refractivity contribution in [3.05, 3.63) is 6.92 Å². The van der Waals surface area contributed by atoms with E-state index in [2.05, 4.69) is 13.8 Å². The third kappa shape index (κ3) is 4.56. The van der Waals surface area contributed by atoms with Gasteiger partial charge in [-0.3, -0.25) is 0 Å². The van der Waals surface area contributed by atoms with Crippen molar-refractivity contribution in [1.82, 2.24) is 0 Å². The predicted molar refractivity (Wildman–Crippen MR) is 49.8 cm³/mol. The molecule has 0 aliphatic carbocycles. The molecular formula is C8H19O2Si. The highest BCUT2D eigenvalue weighted by Gasteiger charge is 2.19. The first-order valence-corrected chi connectivity index (χ1v) is 5.89. The third-order valence-electron chi connectivity index (χ3n) is 1.58. The second-order valence-electron chi connectivity index (χ2n) is 2.55. The molecule has 1 radical (unpaired) electrons. The van der Waals surface area contributed by atoms with Gasteiger partial charge in [0.15, 0.2) is 0 Å². The van der Waals surface area contributed by atoms with Crippen molar-refractivity contribution in [3.8, 4) is 0 Å². The molecule has 0 aromatic carbocycles. The maximum atomic E-state index is 5.51. The fraction of sp³-hybridized carbons (Fsp3) is 0.875. The van der Waals surface area contributed by atoms with Crippen LogP contribution in [0, 0.1) is 6.92 Å². The smallest absolute Gasteiger partial charge is 0.324 e. The summed E-state index contributed by atoms with van der Waals surface area (Å²) in [6.07, 6.45) is 0.914. The average molecular weight is 175 g/mol. The molecule has 0 spiro atoms. The van der Waals surface area contributed by atoms with Gasteiger partial charge in [-0.1, -0.05) is 13.8 Å². The van der Waals surface area contributed by atoms with Gasteiger partial charge >= 0.3 is 9.28 Å². The number of rotatable bonds is 6. The first kappa shape index (κ1) is 11.1. The summed E-state index contributed by atoms with van der Waals surface area (Å²) in [5.41, 5.74) is 0.523. The van der Waals surface area contributed by atoms with Crippen LogP contribution in [0.15, 0.2) is 0 Å². The average Bonchev–Trinajstić information content (AvgIpc) is 2.03. The first-order chi connectivity index (χ1) is 5.26. The molecule has 0 heterocycles. The van der Waals surface area contributed by atoms with Gasteiger partial charge in [-0.2, -0.15) is 0 Å². The zero-order valence-electron chi connectivity index (χ0n) is 7.80. The first-order valence-electron chi connectivity index (χ1n) is 4.28. The predicted octanol–water partition coefficient (Wildman–Crippen LogP) is 1.89. The molecule has 2 nitrogen and oxygen atoms in total. The molecule has 0 fully saturated rings. The lowest BCUT2D eigenvalue weighted by Gasteiger charge is -2.19. The molecule has 3 heteroatoms. The molecule has 0 N–H and O–H groups in total. The molecule has 0 bridgehead atoms. The summed E-state index contributed by atoms with van der Waals surface area (Å²) in [7, 11) is -1.39. The van der Waals surface area contributed by atoms with Gasteiger partial charge < -0.3 is 8.85 Å². The number of hydrogen-bond acceptors (Lipinski definition) is 2. The highest BCUT2D eigenvalue weighted by molar-refractivity contribution is 6.46. The van der Waals surface area contributed by atoms with Crippen molar-refractivity contribution in [1.29, 1.82) is 0 Å². The van der Waals surface area contributed by atoms with Crippen LogP contribution >= 0.6 is 0 Å². The summed E-state index contributed by atoms with van der Waals surface area (Å²) in [5.74, 6) is 0. The minimum Gasteiger partial charge on any atom is -0.397 e. The van der Waals surface area contributed by atoms with Gasteiger partial charge in [0.2, 0.25) is 0 Å². The van der Waals surface area contributed by atoms with Crippen LogP contribution in [-0.4, -0.2) is 22.5 Å². The van der Waals surface area contributed by atoms with Crippen molar-refractivity contribution in [2.45, 2.75) is 32.7 Å². The van der Waals surface area contributed by atoms with E-state index in [4.69, 9.17) is 8.85 Å². The lowest BCUT2D eigenvalue weighted by molar-refractivity contribution is 0.205. The van der Waals surface area contributed by atoms with Crippen LogP contribution in [0.2, 0.25) is 5.54 Å². The fourth-order valence-corrected chi connectivity index (χ4v) is 2.52. The fourth-order valence-electron chi connectivity index (χ4n) is 0.841. The Bertz CT molecular complexity index is 82.2. The zero-order valence-corrected chi connectivity index (χ0v) is 8.95. The third-order valence-corrected chi connectivity index (χ3v) is 4.17. The molecule has 0 aromatic heterocycles. The number of hydrogen-bond donors (Lipinski definition) is 0. The molecule has 0 aliphatic heterocycles. The zero-order chi connectivity index (χ0) is 8.69. The summed E-state index contributed by atoms with van der Waals surface area (Å²) in [4.78, 5) is 0. The van der Waals surface area contributed by atoms with Crippen molar-refractivity contribution in [2.75, 3.05) is 13.2 Å². The molecule has 0 saturated carbocycles. The Morgan fingerprint density at radius 2 is 1.73 bits per heavy atom. The van der Waals surface area contributed by atoms with Gasteiger partial charge in [0, 0.05) is 13.2 Å². The second-order valence-corrected chi connectivity index (χ2v) is 5.09. The molecule has 67 valence electrons. The molecule has 1 atom stereocenters. The van der Waals surface area contributed by atoms with E-state index in [0.29, 0.717) is 5.54 Å². The molecule has 0 rings (SSSR count). The van der Waals surface area contributed by atoms with Crippen LogP contribution in [0.25, 0.3) is 0 Å². The molecule has 0 saturated heterocycles. The van der Waals surface area contributed by atoms with Gasteiger partial charge in [-0.25, -0.2) is 0 Å². The van der Waals surface area contributed by atoms with Crippen molar-refractivity contribution in [2.24, 2.45) is 0 Å². The van der Waals surface area contributed by atoms with Gasteiger partial charge in [0.1, 0.15) is 0 Å². The Labute approximate surface area is 71.7 Å². The Morgan fingerprint density at radius 3 is 2.00 bits per heavy atom. The molecule has 11 heavy (non-hydrogen) atoms. The summed E-state index contributed by atoms with van der Waals surface area (Å²) >= 11 is 0. The Balaban J connectivity index is 3.66. The molecular weight excluding hydrogens is 156 g/mol. The summed E-state index contributed by atoms with van der Waals surface area (Å²) in [5, 5.41) is 0. The maximum Gasteiger partial charge on any atom is 0.324 e. The van der Waals surface area contributed by atoms with E-state index in [-0.39, 0.29) is 0 Å². The van der Waals surface area contributed by atoms with Crippen molar-refractivity contribution in [3.63, 3.8) is 0 Å². The van der Waals surface area contributed by atoms with Crippen molar-refractivity contribution < 1.29 is 8.85 Å². The summed E-state index contributed by atoms with van der Waals surface area (Å²) in [6.45, 7) is 11.5. The van der Waals surface area contributed by atoms with Gasteiger partial charge in [0.05, 0.1) is 0 Å². The normalized spacial score (nSPS) is 13.9. The van der Waals surface area contributed by atoms with E-state index in [1.165, 1.54) is 0 Å². The van der Waals surface area contributed by atoms with Crippen molar-refractivity contribution >= 4 is 9.28 Å². The molecule has 1 unspecified atom stereocenters. The minimum atomic E-state index is -1.39. The SMILES string of the molecule is [CH2]CC(C)[SiH](OCC)OCC. The van der Waals surface area contributed by atoms with E-state index in [1.54, 1.807) is 0 Å². The molecule has 0 aromatic rings. The Kier molecular flexibility index (Phi) is 6.91. The summed E-state index contributed by atoms with van der Waals surface area (Å²) < 4.78 is 11.0. The largest absolute Gasteiger partial charge is 0.397 e. The topological polar surface area (TPSA) is 18.5 Å². The Morgan fingerprint density at radius 1 is 1.27 bits per heavy atom. The van der Waals surface area contributed by atoms with Crippen LogP contribution in [0.4, 0.5) is 0 Å². The standard InChI is InChI=1S/C8H19O2Si/c1-5-8(4)11(9-6-2)10-7-3/h8,11H,1,5-7H2,2-4H3. The highest BCUT2D eigenvalue weighted by Crippen LogP contribution is 2.14. The van der Waals surface area contributed by atoms with E-state index in [0.717, 1.165) is 19.6 Å². The Hall–Kier alpha value is 0.137. The second kappa shape index (κ2) is 6.82. The van der Waals surface area contributed by atoms with Crippen LogP contribution in [0.5, 0.6) is 0 Å². The lowest BCUT2D eigenvalue weighted by Crippen LogP contribution is -2.27. The highest BCUT2D eigenvalue weighted by atomic mass is 28.3. The molecule has 0 amide bonds. The minimum absolute atomic E-state index is 0.523. The van der Waals surface area contributed by atoms with Crippen LogP contribution in [0.1, 0.15) is 27.2 Å². The van der Waals surface area contributed by atoms with Gasteiger partial charge in [0.25, 0.3) is 0 Å². The van der Waals surface area contributed by atoms with E-state index in [9.17, 15) is 0 Å². The lowest BCUT2D eigenvalue weighted by atomic mass is 10.4. The van der Waals surface area contributed by atoms with Crippen LogP contribution in [-0.2, 0) is 8.85 Å². The van der Waals surface area contributed by atoms with Crippen LogP contribution in [0.3, 0.4) is 0 Å². The maximum absolute atomic E-state index is 5.51. The monoisotopic (exact) mass is 175 g/mol. The van der Waals surface area contributed by atoms with Crippen LogP contribution < -0.4 is 0 Å². The summed E-state index contributed by atoms with van der Waals surface area (Å²) in [6, 6.07) is 0.